The molecule has 2 aliphatic rings. The Morgan fingerprint density at radius 3 is 2.79 bits per heavy atom. The van der Waals surface area contributed by atoms with Gasteiger partial charge in [0.25, 0.3) is 11.8 Å². The lowest BCUT2D eigenvalue weighted by molar-refractivity contribution is -0.126. The molecule has 6 nitrogen and oxygen atoms in total. The van der Waals surface area contributed by atoms with Crippen LogP contribution in [0.3, 0.4) is 0 Å². The first kappa shape index (κ1) is 12.2. The molecule has 19 heavy (non-hydrogen) atoms. The standard InChI is InChI=1S/C12H12N2O4S/c15-10-6-18-12(17)14(10)5-8-3-13(4-8)11(16)9-1-2-19-7-9/h1-2,7-8H,3-6H2. The van der Waals surface area contributed by atoms with Crippen molar-refractivity contribution in [3.05, 3.63) is 22.4 Å². The van der Waals surface area contributed by atoms with Crippen molar-refractivity contribution in [1.82, 2.24) is 9.80 Å². The van der Waals surface area contributed by atoms with Gasteiger partial charge in [-0.3, -0.25) is 9.59 Å². The van der Waals surface area contributed by atoms with E-state index in [9.17, 15) is 14.4 Å². The largest absolute Gasteiger partial charge is 0.439 e. The van der Waals surface area contributed by atoms with Crippen LogP contribution in [0.4, 0.5) is 4.79 Å². The quantitative estimate of drug-likeness (QED) is 0.821. The fourth-order valence-corrected chi connectivity index (χ4v) is 2.87. The van der Waals surface area contributed by atoms with E-state index in [1.807, 2.05) is 10.8 Å². The van der Waals surface area contributed by atoms with Crippen LogP contribution < -0.4 is 0 Å². The molecule has 0 spiro atoms. The van der Waals surface area contributed by atoms with Crippen molar-refractivity contribution in [2.45, 2.75) is 0 Å². The maximum absolute atomic E-state index is 12.0. The van der Waals surface area contributed by atoms with Crippen LogP contribution in [0.1, 0.15) is 10.4 Å². The number of carbonyl (C=O) groups excluding carboxylic acids is 3. The molecule has 3 amide bonds. The fourth-order valence-electron chi connectivity index (χ4n) is 2.24. The number of ether oxygens (including phenoxy) is 1. The minimum atomic E-state index is -0.576. The molecule has 0 atom stereocenters. The monoisotopic (exact) mass is 280 g/mol. The van der Waals surface area contributed by atoms with Gasteiger partial charge in [-0.05, 0) is 11.4 Å². The molecule has 1 aromatic rings. The summed E-state index contributed by atoms with van der Waals surface area (Å²) in [6, 6.07) is 1.79. The van der Waals surface area contributed by atoms with E-state index in [4.69, 9.17) is 0 Å². The number of hydrogen-bond acceptors (Lipinski definition) is 5. The van der Waals surface area contributed by atoms with Gasteiger partial charge >= 0.3 is 6.09 Å². The summed E-state index contributed by atoms with van der Waals surface area (Å²) in [6.45, 7) is 1.33. The van der Waals surface area contributed by atoms with Crippen molar-refractivity contribution < 1.29 is 19.1 Å². The Labute approximate surface area is 113 Å². The highest BCUT2D eigenvalue weighted by atomic mass is 32.1. The Morgan fingerprint density at radius 2 is 2.21 bits per heavy atom. The van der Waals surface area contributed by atoms with E-state index in [0.717, 1.165) is 4.90 Å². The summed E-state index contributed by atoms with van der Waals surface area (Å²) in [7, 11) is 0. The number of likely N-dealkylation sites (tertiary alicyclic amines) is 1. The molecule has 0 bridgehead atoms. The molecule has 2 saturated heterocycles. The maximum atomic E-state index is 12.0. The highest BCUT2D eigenvalue weighted by Crippen LogP contribution is 2.22. The smallest absolute Gasteiger partial charge is 0.417 e. The zero-order chi connectivity index (χ0) is 13.4. The highest BCUT2D eigenvalue weighted by molar-refractivity contribution is 7.08. The minimum absolute atomic E-state index is 0.00725. The zero-order valence-electron chi connectivity index (χ0n) is 10.1. The average molecular weight is 280 g/mol. The number of carbonyl (C=O) groups is 3. The molecular formula is C12H12N2O4S. The van der Waals surface area contributed by atoms with Crippen molar-refractivity contribution in [3.8, 4) is 0 Å². The SMILES string of the molecule is O=C(c1ccsc1)N1CC(CN2C(=O)COC2=O)C1. The number of cyclic esters (lactones) is 1. The van der Waals surface area contributed by atoms with Crippen LogP contribution in [0.2, 0.25) is 0 Å². The lowest BCUT2D eigenvalue weighted by Crippen LogP contribution is -2.54. The number of imide groups is 1. The van der Waals surface area contributed by atoms with E-state index in [0.29, 0.717) is 25.2 Å². The van der Waals surface area contributed by atoms with E-state index in [1.165, 1.54) is 11.3 Å². The lowest BCUT2D eigenvalue weighted by Gasteiger charge is -2.40. The summed E-state index contributed by atoms with van der Waals surface area (Å²) >= 11 is 1.49. The maximum Gasteiger partial charge on any atom is 0.417 e. The van der Waals surface area contributed by atoms with Gasteiger partial charge in [-0.25, -0.2) is 9.69 Å². The third kappa shape index (κ3) is 2.21. The topological polar surface area (TPSA) is 66.9 Å². The Balaban J connectivity index is 1.52. The molecule has 1 aromatic heterocycles. The van der Waals surface area contributed by atoms with Gasteiger partial charge in [0.2, 0.25) is 0 Å². The fraction of sp³-hybridized carbons (Fsp3) is 0.417. The van der Waals surface area contributed by atoms with Crippen molar-refractivity contribution in [2.75, 3.05) is 26.2 Å². The molecule has 0 aromatic carbocycles. The van der Waals surface area contributed by atoms with Crippen molar-refractivity contribution in [1.29, 1.82) is 0 Å². The van der Waals surface area contributed by atoms with Crippen LogP contribution in [0.25, 0.3) is 0 Å². The van der Waals surface area contributed by atoms with Crippen LogP contribution in [0.15, 0.2) is 16.8 Å². The van der Waals surface area contributed by atoms with Gasteiger partial charge < -0.3 is 9.64 Å². The Bertz CT molecular complexity index is 506. The Hall–Kier alpha value is -1.89. The summed E-state index contributed by atoms with van der Waals surface area (Å²) in [5.74, 6) is -0.141. The van der Waals surface area contributed by atoms with Gasteiger partial charge in [-0.15, -0.1) is 0 Å². The summed E-state index contributed by atoms with van der Waals surface area (Å²) < 4.78 is 4.64. The van der Waals surface area contributed by atoms with Crippen molar-refractivity contribution in [3.63, 3.8) is 0 Å². The average Bonchev–Trinajstić information content (AvgIpc) is 2.96. The van der Waals surface area contributed by atoms with E-state index < -0.39 is 6.09 Å². The van der Waals surface area contributed by atoms with Gasteiger partial charge in [0.05, 0.1) is 5.56 Å². The molecule has 0 N–H and O–H groups in total. The van der Waals surface area contributed by atoms with E-state index in [2.05, 4.69) is 4.74 Å². The molecule has 0 saturated carbocycles. The third-order valence-electron chi connectivity index (χ3n) is 3.29. The number of rotatable bonds is 3. The molecular weight excluding hydrogens is 268 g/mol. The molecule has 0 radical (unpaired) electrons. The first-order valence-electron chi connectivity index (χ1n) is 5.94. The number of hydrogen-bond donors (Lipinski definition) is 0. The molecule has 7 heteroatoms. The molecule has 2 aliphatic heterocycles. The van der Waals surface area contributed by atoms with Gasteiger partial charge in [-0.2, -0.15) is 11.3 Å². The molecule has 100 valence electrons. The first-order valence-corrected chi connectivity index (χ1v) is 6.88. The second kappa shape index (κ2) is 4.65. The van der Waals surface area contributed by atoms with Gasteiger partial charge in [0.15, 0.2) is 6.61 Å². The minimum Gasteiger partial charge on any atom is -0.439 e. The second-order valence-electron chi connectivity index (χ2n) is 4.65. The second-order valence-corrected chi connectivity index (χ2v) is 5.43. The predicted molar refractivity (Wildman–Crippen MR) is 66.8 cm³/mol. The third-order valence-corrected chi connectivity index (χ3v) is 3.98. The van der Waals surface area contributed by atoms with Gasteiger partial charge in [0, 0.05) is 30.9 Å². The van der Waals surface area contributed by atoms with E-state index in [-0.39, 0.29) is 24.3 Å². The number of amides is 3. The number of nitrogens with zero attached hydrogens (tertiary/aromatic N) is 2. The number of thiophene rings is 1. The molecule has 3 heterocycles. The van der Waals surface area contributed by atoms with Crippen LogP contribution in [0, 0.1) is 5.92 Å². The van der Waals surface area contributed by atoms with E-state index >= 15 is 0 Å². The molecule has 3 rings (SSSR count). The molecule has 0 unspecified atom stereocenters. The van der Waals surface area contributed by atoms with Crippen LogP contribution in [-0.2, 0) is 9.53 Å². The van der Waals surface area contributed by atoms with Crippen LogP contribution >= 0.6 is 11.3 Å². The highest BCUT2D eigenvalue weighted by Gasteiger charge is 2.38. The summed E-state index contributed by atoms with van der Waals surface area (Å²) in [6.07, 6.45) is -0.576. The van der Waals surface area contributed by atoms with Crippen LogP contribution in [-0.4, -0.2) is 53.9 Å². The van der Waals surface area contributed by atoms with Crippen molar-refractivity contribution in [2.24, 2.45) is 5.92 Å². The predicted octanol–water partition coefficient (Wildman–Crippen LogP) is 0.799. The van der Waals surface area contributed by atoms with Gasteiger partial charge in [0.1, 0.15) is 0 Å². The lowest BCUT2D eigenvalue weighted by atomic mass is 9.98. The zero-order valence-corrected chi connectivity index (χ0v) is 10.9. The normalized spacial score (nSPS) is 19.6. The Morgan fingerprint density at radius 1 is 1.42 bits per heavy atom. The van der Waals surface area contributed by atoms with E-state index in [1.54, 1.807) is 11.0 Å². The summed E-state index contributed by atoms with van der Waals surface area (Å²) in [5, 5.41) is 3.68. The molecule has 2 fully saturated rings. The van der Waals surface area contributed by atoms with Crippen molar-refractivity contribution >= 4 is 29.2 Å². The first-order chi connectivity index (χ1) is 9.15. The Kier molecular flexibility index (Phi) is 2.98. The summed E-state index contributed by atoms with van der Waals surface area (Å²) in [4.78, 5) is 37.4. The summed E-state index contributed by atoms with van der Waals surface area (Å²) in [5.41, 5.74) is 0.695. The molecule has 0 aliphatic carbocycles. The van der Waals surface area contributed by atoms with Gasteiger partial charge in [-0.1, -0.05) is 0 Å². The van der Waals surface area contributed by atoms with Crippen LogP contribution in [0.5, 0.6) is 0 Å².